The van der Waals surface area contributed by atoms with Crippen molar-refractivity contribution in [1.29, 1.82) is 0 Å². The molecular weight excluding hydrogens is 334 g/mol. The summed E-state index contributed by atoms with van der Waals surface area (Å²) in [7, 11) is 0. The molecule has 0 atom stereocenters. The Labute approximate surface area is 149 Å². The number of aromatic hydroxyl groups is 1. The highest BCUT2D eigenvalue weighted by atomic mass is 16.4. The van der Waals surface area contributed by atoms with Gasteiger partial charge in [0.25, 0.3) is 5.78 Å². The number of carboxylic acid groups (broad SMARTS) is 1. The summed E-state index contributed by atoms with van der Waals surface area (Å²) >= 11 is 0. The third kappa shape index (κ3) is 3.30. The lowest BCUT2D eigenvalue weighted by atomic mass is 10.1. The van der Waals surface area contributed by atoms with Crippen molar-refractivity contribution in [3.05, 3.63) is 71.4 Å². The zero-order chi connectivity index (χ0) is 18.8. The molecule has 26 heavy (non-hydrogen) atoms. The van der Waals surface area contributed by atoms with Gasteiger partial charge in [0.05, 0.1) is 10.9 Å². The molecule has 0 radical (unpaired) electrons. The molecule has 0 fully saturated rings. The van der Waals surface area contributed by atoms with Crippen LogP contribution in [0, 0.1) is 6.92 Å². The van der Waals surface area contributed by atoms with Crippen molar-refractivity contribution in [2.24, 2.45) is 0 Å². The first kappa shape index (κ1) is 17.3. The summed E-state index contributed by atoms with van der Waals surface area (Å²) in [5.41, 5.74) is 3.01. The molecule has 0 amide bonds. The van der Waals surface area contributed by atoms with Crippen LogP contribution < -0.4 is 0 Å². The minimum atomic E-state index is -1.66. The predicted molar refractivity (Wildman–Crippen MR) is 97.1 cm³/mol. The highest BCUT2D eigenvalue weighted by Crippen LogP contribution is 2.33. The van der Waals surface area contributed by atoms with E-state index in [1.54, 1.807) is 18.3 Å². The number of aryl methyl sites for hydroxylation is 1. The molecule has 0 aliphatic heterocycles. The van der Waals surface area contributed by atoms with Crippen LogP contribution >= 0.6 is 0 Å². The Bertz CT molecular complexity index is 1030. The molecule has 0 unspecified atom stereocenters. The van der Waals surface area contributed by atoms with Crippen molar-refractivity contribution in [3.8, 4) is 5.75 Å². The van der Waals surface area contributed by atoms with Gasteiger partial charge in [0.15, 0.2) is 0 Å². The Balaban J connectivity index is 2.11. The summed E-state index contributed by atoms with van der Waals surface area (Å²) in [6.45, 7) is 2.48. The van der Waals surface area contributed by atoms with Crippen LogP contribution in [0.25, 0.3) is 16.7 Å². The second-order valence-electron chi connectivity index (χ2n) is 6.03. The molecule has 1 heterocycles. The normalized spacial score (nSPS) is 11.7. The lowest BCUT2D eigenvalue weighted by molar-refractivity contribution is -0.146. The van der Waals surface area contributed by atoms with E-state index in [2.05, 4.69) is 0 Å². The molecule has 0 spiro atoms. The van der Waals surface area contributed by atoms with Crippen LogP contribution in [-0.2, 0) is 16.1 Å². The number of aliphatic hydroxyl groups is 1. The fourth-order valence-electron chi connectivity index (χ4n) is 2.81. The van der Waals surface area contributed by atoms with Gasteiger partial charge in [-0.25, -0.2) is 4.79 Å². The number of nitrogens with zero attached hydrogens (tertiary/aromatic N) is 1. The van der Waals surface area contributed by atoms with E-state index < -0.39 is 17.5 Å². The Kier molecular flexibility index (Phi) is 4.49. The SMILES string of the molecule is Cc1ccc(Cn2cc(C(O)=CC(=O)C(=O)O)c3c(O)cccc32)cc1. The minimum absolute atomic E-state index is 0.0668. The van der Waals surface area contributed by atoms with Crippen LogP contribution in [0.1, 0.15) is 16.7 Å². The van der Waals surface area contributed by atoms with E-state index >= 15 is 0 Å². The van der Waals surface area contributed by atoms with E-state index in [0.717, 1.165) is 11.1 Å². The van der Waals surface area contributed by atoms with Crippen molar-refractivity contribution in [3.63, 3.8) is 0 Å². The maximum atomic E-state index is 11.4. The zero-order valence-electron chi connectivity index (χ0n) is 14.0. The number of carbonyl (C=O) groups is 2. The number of phenolic OH excluding ortho intramolecular Hbond substituents is 1. The first-order chi connectivity index (χ1) is 12.4. The third-order valence-corrected chi connectivity index (χ3v) is 4.11. The molecular formula is C20H17NO5. The number of carboxylic acids is 1. The summed E-state index contributed by atoms with van der Waals surface area (Å²) in [5.74, 6) is -3.48. The highest BCUT2D eigenvalue weighted by Gasteiger charge is 2.18. The quantitative estimate of drug-likeness (QED) is 0.372. The van der Waals surface area contributed by atoms with E-state index in [9.17, 15) is 19.8 Å². The summed E-state index contributed by atoms with van der Waals surface area (Å²) in [5, 5.41) is 29.5. The van der Waals surface area contributed by atoms with Gasteiger partial charge in [-0.3, -0.25) is 4.79 Å². The number of phenols is 1. The van der Waals surface area contributed by atoms with Gasteiger partial charge in [-0.2, -0.15) is 0 Å². The number of aliphatic carboxylic acids is 1. The van der Waals surface area contributed by atoms with Crippen molar-refractivity contribution in [1.82, 2.24) is 4.57 Å². The Morgan fingerprint density at radius 2 is 1.77 bits per heavy atom. The second-order valence-corrected chi connectivity index (χ2v) is 6.03. The molecule has 0 saturated carbocycles. The number of hydrogen-bond acceptors (Lipinski definition) is 4. The molecule has 0 aliphatic rings. The Hall–Kier alpha value is -3.54. The first-order valence-electron chi connectivity index (χ1n) is 7.91. The minimum Gasteiger partial charge on any atom is -0.507 e. The third-order valence-electron chi connectivity index (χ3n) is 4.11. The van der Waals surface area contributed by atoms with Crippen LogP contribution in [0.5, 0.6) is 5.75 Å². The smallest absolute Gasteiger partial charge is 0.376 e. The van der Waals surface area contributed by atoms with Gasteiger partial charge in [-0.1, -0.05) is 35.9 Å². The number of fused-ring (bicyclic) bond motifs is 1. The predicted octanol–water partition coefficient (Wildman–Crippen LogP) is 3.26. The molecule has 0 aliphatic carbocycles. The van der Waals surface area contributed by atoms with E-state index in [0.29, 0.717) is 23.5 Å². The largest absolute Gasteiger partial charge is 0.507 e. The molecule has 3 rings (SSSR count). The summed E-state index contributed by atoms with van der Waals surface area (Å²) < 4.78 is 1.82. The molecule has 0 saturated heterocycles. The lowest BCUT2D eigenvalue weighted by Gasteiger charge is -2.06. The Morgan fingerprint density at radius 1 is 1.08 bits per heavy atom. The van der Waals surface area contributed by atoms with Gasteiger partial charge < -0.3 is 19.9 Å². The second kappa shape index (κ2) is 6.76. The fourth-order valence-corrected chi connectivity index (χ4v) is 2.81. The van der Waals surface area contributed by atoms with Crippen LogP contribution in [0.4, 0.5) is 0 Å². The Morgan fingerprint density at radius 3 is 2.42 bits per heavy atom. The molecule has 3 aromatic rings. The van der Waals surface area contributed by atoms with E-state index in [1.807, 2.05) is 35.8 Å². The van der Waals surface area contributed by atoms with Gasteiger partial charge in [-0.15, -0.1) is 0 Å². The number of rotatable bonds is 5. The van der Waals surface area contributed by atoms with Gasteiger partial charge in [0, 0.05) is 24.4 Å². The van der Waals surface area contributed by atoms with Crippen LogP contribution in [-0.4, -0.2) is 31.6 Å². The van der Waals surface area contributed by atoms with Crippen LogP contribution in [0.15, 0.2) is 54.7 Å². The molecule has 3 N–H and O–H groups in total. The van der Waals surface area contributed by atoms with Crippen LogP contribution in [0.2, 0.25) is 0 Å². The van der Waals surface area contributed by atoms with Gasteiger partial charge in [0.2, 0.25) is 0 Å². The highest BCUT2D eigenvalue weighted by molar-refractivity contribution is 6.38. The maximum Gasteiger partial charge on any atom is 0.376 e. The standard InChI is InChI=1S/C20H17NO5/c1-12-5-7-13(8-6-12)10-21-11-14(17(23)9-18(24)20(25)26)19-15(21)3-2-4-16(19)22/h2-9,11,22-23H,10H2,1H3,(H,25,26). The molecule has 1 aromatic heterocycles. The lowest BCUT2D eigenvalue weighted by Crippen LogP contribution is -2.09. The van der Waals surface area contributed by atoms with Crippen LogP contribution in [0.3, 0.4) is 0 Å². The topological polar surface area (TPSA) is 99.8 Å². The average Bonchev–Trinajstić information content (AvgIpc) is 2.97. The monoisotopic (exact) mass is 351 g/mol. The van der Waals surface area contributed by atoms with Gasteiger partial charge >= 0.3 is 5.97 Å². The molecule has 0 bridgehead atoms. The van der Waals surface area contributed by atoms with Gasteiger partial charge in [-0.05, 0) is 24.6 Å². The molecule has 6 nitrogen and oxygen atoms in total. The number of hydrogen-bond donors (Lipinski definition) is 3. The van der Waals surface area contributed by atoms with Gasteiger partial charge in [0.1, 0.15) is 11.5 Å². The first-order valence-corrected chi connectivity index (χ1v) is 7.91. The fraction of sp³-hybridized carbons (Fsp3) is 0.100. The zero-order valence-corrected chi connectivity index (χ0v) is 14.0. The number of carbonyl (C=O) groups excluding carboxylic acids is 1. The summed E-state index contributed by atoms with van der Waals surface area (Å²) in [4.78, 5) is 22.1. The summed E-state index contributed by atoms with van der Waals surface area (Å²) in [6, 6.07) is 12.9. The van der Waals surface area contributed by atoms with Crippen molar-refractivity contribution >= 4 is 28.4 Å². The number of aliphatic hydroxyl groups excluding tert-OH is 1. The number of ketones is 1. The molecule has 132 valence electrons. The molecule has 2 aromatic carbocycles. The maximum absolute atomic E-state index is 11.4. The number of aromatic nitrogens is 1. The van der Waals surface area contributed by atoms with Crippen molar-refractivity contribution in [2.75, 3.05) is 0 Å². The van der Waals surface area contributed by atoms with E-state index in [-0.39, 0.29) is 11.3 Å². The van der Waals surface area contributed by atoms with Crippen molar-refractivity contribution < 1.29 is 24.9 Å². The summed E-state index contributed by atoms with van der Waals surface area (Å²) in [6.07, 6.45) is 2.23. The van der Waals surface area contributed by atoms with E-state index in [1.165, 1.54) is 6.07 Å². The number of benzene rings is 2. The van der Waals surface area contributed by atoms with E-state index in [4.69, 9.17) is 5.11 Å². The molecule has 6 heteroatoms. The average molecular weight is 351 g/mol. The van der Waals surface area contributed by atoms with Crippen molar-refractivity contribution in [2.45, 2.75) is 13.5 Å².